The predicted molar refractivity (Wildman–Crippen MR) is 116 cm³/mol. The van der Waals surface area contributed by atoms with Crippen LogP contribution in [-0.2, 0) is 10.0 Å². The Balaban J connectivity index is 1.42. The molecule has 0 spiro atoms. The maximum atomic E-state index is 12.7. The van der Waals surface area contributed by atoms with E-state index >= 15 is 0 Å². The van der Waals surface area contributed by atoms with Gasteiger partial charge in [-0.05, 0) is 68.9 Å². The molecule has 1 amide bonds. The molecule has 4 rings (SSSR count). The third-order valence-corrected chi connectivity index (χ3v) is 7.59. The highest BCUT2D eigenvalue weighted by Crippen LogP contribution is 2.35. The van der Waals surface area contributed by atoms with Crippen molar-refractivity contribution in [2.75, 3.05) is 40.5 Å². The van der Waals surface area contributed by atoms with Crippen LogP contribution in [0.2, 0.25) is 0 Å². The quantitative estimate of drug-likeness (QED) is 0.703. The molecule has 0 radical (unpaired) electrons. The molecule has 2 heterocycles. The average molecular weight is 446 g/mol. The highest BCUT2D eigenvalue weighted by molar-refractivity contribution is 7.89. The van der Waals surface area contributed by atoms with Crippen molar-refractivity contribution in [3.8, 4) is 11.5 Å². The number of rotatable bonds is 7. The van der Waals surface area contributed by atoms with Gasteiger partial charge in [-0.3, -0.25) is 4.79 Å². The molecule has 8 nitrogen and oxygen atoms in total. The van der Waals surface area contributed by atoms with Crippen LogP contribution in [-0.4, -0.2) is 64.1 Å². The zero-order valence-corrected chi connectivity index (χ0v) is 18.5. The first-order chi connectivity index (χ1) is 14.9. The number of likely N-dealkylation sites (N-methyl/N-ethyl adjacent to an activating group) is 1. The van der Waals surface area contributed by atoms with Crippen molar-refractivity contribution >= 4 is 15.9 Å². The fourth-order valence-electron chi connectivity index (χ4n) is 3.87. The molecule has 0 bridgehead atoms. The molecule has 1 atom stereocenters. The highest BCUT2D eigenvalue weighted by atomic mass is 32.2. The molecular formula is C22H27N3O5S. The van der Waals surface area contributed by atoms with Crippen LogP contribution in [0, 0.1) is 0 Å². The summed E-state index contributed by atoms with van der Waals surface area (Å²) in [4.78, 5) is 14.9. The lowest BCUT2D eigenvalue weighted by Crippen LogP contribution is -2.34. The molecule has 0 aromatic heterocycles. The number of amides is 1. The van der Waals surface area contributed by atoms with Gasteiger partial charge in [-0.25, -0.2) is 8.42 Å². The van der Waals surface area contributed by atoms with Crippen LogP contribution in [0.25, 0.3) is 0 Å². The van der Waals surface area contributed by atoms with Crippen LogP contribution in [0.3, 0.4) is 0 Å². The van der Waals surface area contributed by atoms with Gasteiger partial charge in [0.15, 0.2) is 11.5 Å². The Morgan fingerprint density at radius 1 is 1.06 bits per heavy atom. The summed E-state index contributed by atoms with van der Waals surface area (Å²) in [5, 5.41) is 2.95. The van der Waals surface area contributed by atoms with E-state index in [1.807, 2.05) is 37.2 Å². The third kappa shape index (κ3) is 4.53. The van der Waals surface area contributed by atoms with Crippen LogP contribution in [0.5, 0.6) is 11.5 Å². The SMILES string of the molecule is CN(C)[C@@H](CNC(=O)c1ccc(S(=O)(=O)N2CCCC2)cc1)c1ccc2c(c1)OCO2. The lowest BCUT2D eigenvalue weighted by molar-refractivity contribution is 0.0942. The van der Waals surface area contributed by atoms with Crippen LogP contribution in [0.1, 0.15) is 34.8 Å². The van der Waals surface area contributed by atoms with Crippen molar-refractivity contribution in [2.45, 2.75) is 23.8 Å². The van der Waals surface area contributed by atoms with E-state index in [-0.39, 0.29) is 23.6 Å². The van der Waals surface area contributed by atoms with Gasteiger partial charge in [0.25, 0.3) is 5.91 Å². The van der Waals surface area contributed by atoms with Gasteiger partial charge in [-0.1, -0.05) is 6.07 Å². The Labute approximate surface area is 182 Å². The van der Waals surface area contributed by atoms with E-state index in [1.165, 1.54) is 16.4 Å². The van der Waals surface area contributed by atoms with Crippen molar-refractivity contribution in [3.63, 3.8) is 0 Å². The second-order valence-corrected chi connectivity index (χ2v) is 9.88. The summed E-state index contributed by atoms with van der Waals surface area (Å²) in [6.07, 6.45) is 1.77. The molecule has 1 saturated heterocycles. The number of fused-ring (bicyclic) bond motifs is 1. The third-order valence-electron chi connectivity index (χ3n) is 5.68. The van der Waals surface area contributed by atoms with Gasteiger partial charge in [-0.2, -0.15) is 4.31 Å². The summed E-state index contributed by atoms with van der Waals surface area (Å²) < 4.78 is 37.6. The van der Waals surface area contributed by atoms with Crippen molar-refractivity contribution in [1.29, 1.82) is 0 Å². The van der Waals surface area contributed by atoms with E-state index in [9.17, 15) is 13.2 Å². The number of carbonyl (C=O) groups excluding carboxylic acids is 1. The zero-order chi connectivity index (χ0) is 22.0. The van der Waals surface area contributed by atoms with E-state index in [0.717, 1.165) is 18.4 Å². The zero-order valence-electron chi connectivity index (χ0n) is 17.7. The minimum atomic E-state index is -3.49. The van der Waals surface area contributed by atoms with Gasteiger partial charge >= 0.3 is 0 Å². The molecule has 0 unspecified atom stereocenters. The number of carbonyl (C=O) groups is 1. The second kappa shape index (κ2) is 8.86. The first kappa shape index (κ1) is 21.6. The molecule has 0 aliphatic carbocycles. The topological polar surface area (TPSA) is 88.2 Å². The van der Waals surface area contributed by atoms with Crippen molar-refractivity contribution in [3.05, 3.63) is 53.6 Å². The monoisotopic (exact) mass is 445 g/mol. The Morgan fingerprint density at radius 3 is 2.42 bits per heavy atom. The first-order valence-corrected chi connectivity index (χ1v) is 11.7. The Morgan fingerprint density at radius 2 is 1.74 bits per heavy atom. The molecule has 2 aliphatic rings. The van der Waals surface area contributed by atoms with Gasteiger partial charge < -0.3 is 19.7 Å². The van der Waals surface area contributed by atoms with Gasteiger partial charge in [-0.15, -0.1) is 0 Å². The lowest BCUT2D eigenvalue weighted by Gasteiger charge is -2.25. The summed E-state index contributed by atoms with van der Waals surface area (Å²) in [7, 11) is 0.401. The number of ether oxygens (including phenoxy) is 2. The summed E-state index contributed by atoms with van der Waals surface area (Å²) in [6.45, 7) is 1.71. The van der Waals surface area contributed by atoms with E-state index in [0.29, 0.717) is 36.7 Å². The van der Waals surface area contributed by atoms with Gasteiger partial charge in [0.2, 0.25) is 16.8 Å². The van der Waals surface area contributed by atoms with E-state index < -0.39 is 10.0 Å². The Hall–Kier alpha value is -2.62. The molecule has 1 fully saturated rings. The molecule has 2 aromatic carbocycles. The first-order valence-electron chi connectivity index (χ1n) is 10.3. The van der Waals surface area contributed by atoms with Crippen molar-refractivity contribution in [1.82, 2.24) is 14.5 Å². The summed E-state index contributed by atoms with van der Waals surface area (Å²) in [5.74, 6) is 1.16. The minimum Gasteiger partial charge on any atom is -0.454 e. The maximum Gasteiger partial charge on any atom is 0.251 e. The van der Waals surface area contributed by atoms with Crippen LogP contribution >= 0.6 is 0 Å². The van der Waals surface area contributed by atoms with Gasteiger partial charge in [0.05, 0.1) is 10.9 Å². The molecule has 1 N–H and O–H groups in total. The normalized spacial score (nSPS) is 17.1. The van der Waals surface area contributed by atoms with Gasteiger partial charge in [0, 0.05) is 25.2 Å². The number of nitrogens with zero attached hydrogens (tertiary/aromatic N) is 2. The van der Waals surface area contributed by atoms with Crippen molar-refractivity contribution < 1.29 is 22.7 Å². The number of nitrogens with one attached hydrogen (secondary N) is 1. The summed E-state index contributed by atoms with van der Waals surface area (Å²) in [5.41, 5.74) is 1.42. The molecule has 166 valence electrons. The Kier molecular flexibility index (Phi) is 6.17. The average Bonchev–Trinajstić information content (AvgIpc) is 3.45. The highest BCUT2D eigenvalue weighted by Gasteiger charge is 2.27. The minimum absolute atomic E-state index is 0.0618. The largest absolute Gasteiger partial charge is 0.454 e. The smallest absolute Gasteiger partial charge is 0.251 e. The lowest BCUT2D eigenvalue weighted by atomic mass is 10.0. The van der Waals surface area contributed by atoms with E-state index in [2.05, 4.69) is 5.32 Å². The van der Waals surface area contributed by atoms with Crippen LogP contribution < -0.4 is 14.8 Å². The van der Waals surface area contributed by atoms with E-state index in [4.69, 9.17) is 9.47 Å². The van der Waals surface area contributed by atoms with E-state index in [1.54, 1.807) is 12.1 Å². The maximum absolute atomic E-state index is 12.7. The molecular weight excluding hydrogens is 418 g/mol. The molecule has 2 aliphatic heterocycles. The number of sulfonamides is 1. The predicted octanol–water partition coefficient (Wildman–Crippen LogP) is 2.23. The fourth-order valence-corrected chi connectivity index (χ4v) is 5.38. The number of hydrogen-bond donors (Lipinski definition) is 1. The molecule has 0 saturated carbocycles. The van der Waals surface area contributed by atoms with Crippen LogP contribution in [0.4, 0.5) is 0 Å². The summed E-state index contributed by atoms with van der Waals surface area (Å²) in [6, 6.07) is 11.8. The van der Waals surface area contributed by atoms with Crippen molar-refractivity contribution in [2.24, 2.45) is 0 Å². The molecule has 9 heteroatoms. The standard InChI is InChI=1S/C22H27N3O5S/c1-24(2)19(17-7-10-20-21(13-17)30-15-29-20)14-23-22(26)16-5-8-18(9-6-16)31(27,28)25-11-3-4-12-25/h5-10,13,19H,3-4,11-12,14-15H2,1-2H3,(H,23,26)/t19-/m0/s1. The molecule has 2 aromatic rings. The summed E-state index contributed by atoms with van der Waals surface area (Å²) >= 11 is 0. The Bertz CT molecular complexity index is 1050. The molecule has 31 heavy (non-hydrogen) atoms. The number of hydrogen-bond acceptors (Lipinski definition) is 6. The second-order valence-electron chi connectivity index (χ2n) is 7.94. The number of benzene rings is 2. The fraction of sp³-hybridized carbons (Fsp3) is 0.409. The van der Waals surface area contributed by atoms with Gasteiger partial charge in [0.1, 0.15) is 0 Å². The van der Waals surface area contributed by atoms with Crippen LogP contribution in [0.15, 0.2) is 47.4 Å².